The number of likely N-dealkylation sites (N-methyl/N-ethyl adjacent to an activating group) is 1. The number of carbonyl (C=O) groups excluding carboxylic acids is 2. The molecule has 0 aliphatic carbocycles. The van der Waals surface area contributed by atoms with E-state index in [1.165, 1.54) is 0 Å². The van der Waals surface area contributed by atoms with Crippen molar-refractivity contribution in [3.05, 3.63) is 28.8 Å². The van der Waals surface area contributed by atoms with Crippen molar-refractivity contribution in [2.75, 3.05) is 33.3 Å². The van der Waals surface area contributed by atoms with E-state index in [0.29, 0.717) is 31.3 Å². The van der Waals surface area contributed by atoms with Crippen LogP contribution < -0.4 is 10.1 Å². The minimum Gasteiger partial charge on any atom is -0.491 e. The van der Waals surface area contributed by atoms with Gasteiger partial charge in [0.1, 0.15) is 12.4 Å². The number of amides is 2. The molecule has 2 amide bonds. The number of hydrogen-bond donors (Lipinski definition) is 1. The van der Waals surface area contributed by atoms with Gasteiger partial charge < -0.3 is 15.0 Å². The topological polar surface area (TPSA) is 61.9 Å². The van der Waals surface area contributed by atoms with E-state index in [9.17, 15) is 9.59 Å². The smallest absolute Gasteiger partial charge is 0.237 e. The van der Waals surface area contributed by atoms with Gasteiger partial charge in [-0.25, -0.2) is 0 Å². The van der Waals surface area contributed by atoms with E-state index >= 15 is 0 Å². The summed E-state index contributed by atoms with van der Waals surface area (Å²) in [5.74, 6) is 0.633. The molecule has 7 heteroatoms. The quantitative estimate of drug-likeness (QED) is 0.870. The molecule has 0 radical (unpaired) electrons. The fourth-order valence-electron chi connectivity index (χ4n) is 2.95. The zero-order valence-corrected chi connectivity index (χ0v) is 13.8. The summed E-state index contributed by atoms with van der Waals surface area (Å²) >= 11 is 6.03. The van der Waals surface area contributed by atoms with Crippen LogP contribution in [0.2, 0.25) is 5.02 Å². The summed E-state index contributed by atoms with van der Waals surface area (Å²) in [6.45, 7) is 2.78. The van der Waals surface area contributed by atoms with E-state index < -0.39 is 6.04 Å². The molecule has 0 unspecified atom stereocenters. The molecule has 23 heavy (non-hydrogen) atoms. The average Bonchev–Trinajstić information content (AvgIpc) is 2.72. The lowest BCUT2D eigenvalue weighted by atomic mass is 10.1. The highest BCUT2D eigenvalue weighted by atomic mass is 35.5. The Morgan fingerprint density at radius 3 is 3.04 bits per heavy atom. The van der Waals surface area contributed by atoms with Crippen LogP contribution in [0.3, 0.4) is 0 Å². The second-order valence-corrected chi connectivity index (χ2v) is 6.34. The van der Waals surface area contributed by atoms with Gasteiger partial charge in [0, 0.05) is 30.2 Å². The second-order valence-electron chi connectivity index (χ2n) is 5.91. The maximum Gasteiger partial charge on any atom is 0.237 e. The number of ether oxygens (including phenoxy) is 1. The lowest BCUT2D eigenvalue weighted by molar-refractivity contribution is -0.138. The lowest BCUT2D eigenvalue weighted by Gasteiger charge is -2.32. The van der Waals surface area contributed by atoms with Crippen LogP contribution in [0.25, 0.3) is 0 Å². The third-order valence-electron chi connectivity index (χ3n) is 4.32. The molecule has 1 atom stereocenters. The number of benzene rings is 1. The Morgan fingerprint density at radius 1 is 1.43 bits per heavy atom. The van der Waals surface area contributed by atoms with Gasteiger partial charge in [-0.05, 0) is 25.2 Å². The molecule has 2 aliphatic rings. The Bertz CT molecular complexity index is 623. The van der Waals surface area contributed by atoms with Gasteiger partial charge in [-0.15, -0.1) is 0 Å². The SMILES string of the molecule is CN1CCNC(=O)[C@H]1CC(=O)N1CCOc2ccc(Cl)cc2C1. The molecule has 0 spiro atoms. The molecular weight excluding hydrogens is 318 g/mol. The predicted octanol–water partition coefficient (Wildman–Crippen LogP) is 0.881. The van der Waals surface area contributed by atoms with Crippen LogP contribution in [0.4, 0.5) is 0 Å². The number of nitrogens with one attached hydrogen (secondary N) is 1. The fraction of sp³-hybridized carbons (Fsp3) is 0.500. The number of piperazine rings is 1. The van der Waals surface area contributed by atoms with Crippen molar-refractivity contribution in [2.45, 2.75) is 19.0 Å². The summed E-state index contributed by atoms with van der Waals surface area (Å²) in [5, 5.41) is 3.43. The van der Waals surface area contributed by atoms with Gasteiger partial charge in [0.05, 0.1) is 19.0 Å². The summed E-state index contributed by atoms with van der Waals surface area (Å²) in [6.07, 6.45) is 0.179. The van der Waals surface area contributed by atoms with E-state index in [2.05, 4.69) is 5.32 Å². The van der Waals surface area contributed by atoms with Crippen LogP contribution in [-0.2, 0) is 16.1 Å². The number of fused-ring (bicyclic) bond motifs is 1. The fourth-order valence-corrected chi connectivity index (χ4v) is 3.14. The first-order chi connectivity index (χ1) is 11.0. The highest BCUT2D eigenvalue weighted by Crippen LogP contribution is 2.26. The van der Waals surface area contributed by atoms with Crippen molar-refractivity contribution < 1.29 is 14.3 Å². The van der Waals surface area contributed by atoms with Crippen LogP contribution in [0.1, 0.15) is 12.0 Å². The van der Waals surface area contributed by atoms with Crippen molar-refractivity contribution in [3.8, 4) is 5.75 Å². The molecule has 0 aromatic heterocycles. The molecule has 0 bridgehead atoms. The van der Waals surface area contributed by atoms with Crippen LogP contribution in [0.5, 0.6) is 5.75 Å². The molecule has 1 fully saturated rings. The maximum absolute atomic E-state index is 12.6. The molecule has 1 aromatic rings. The van der Waals surface area contributed by atoms with Crippen LogP contribution in [0.15, 0.2) is 18.2 Å². The largest absolute Gasteiger partial charge is 0.491 e. The van der Waals surface area contributed by atoms with E-state index in [4.69, 9.17) is 16.3 Å². The van der Waals surface area contributed by atoms with Gasteiger partial charge in [0.15, 0.2) is 0 Å². The van der Waals surface area contributed by atoms with E-state index in [1.807, 2.05) is 24.1 Å². The van der Waals surface area contributed by atoms with Crippen molar-refractivity contribution in [1.82, 2.24) is 15.1 Å². The number of halogens is 1. The third kappa shape index (κ3) is 3.59. The van der Waals surface area contributed by atoms with Crippen molar-refractivity contribution >= 4 is 23.4 Å². The Kier molecular flexibility index (Phi) is 4.73. The first-order valence-corrected chi connectivity index (χ1v) is 8.09. The first kappa shape index (κ1) is 16.1. The van der Waals surface area contributed by atoms with Gasteiger partial charge in [0.25, 0.3) is 0 Å². The predicted molar refractivity (Wildman–Crippen MR) is 86.4 cm³/mol. The van der Waals surface area contributed by atoms with Gasteiger partial charge in [-0.3, -0.25) is 14.5 Å². The Labute approximate surface area is 140 Å². The van der Waals surface area contributed by atoms with Gasteiger partial charge in [-0.2, -0.15) is 0 Å². The van der Waals surface area contributed by atoms with Crippen molar-refractivity contribution in [1.29, 1.82) is 0 Å². The molecule has 3 rings (SSSR count). The molecular formula is C16H20ClN3O3. The number of carbonyl (C=O) groups is 2. The molecule has 2 aliphatic heterocycles. The van der Waals surface area contributed by atoms with Crippen molar-refractivity contribution in [3.63, 3.8) is 0 Å². The average molecular weight is 338 g/mol. The van der Waals surface area contributed by atoms with E-state index in [-0.39, 0.29) is 18.2 Å². The lowest BCUT2D eigenvalue weighted by Crippen LogP contribution is -2.55. The number of hydrogen-bond acceptors (Lipinski definition) is 4. The van der Waals surface area contributed by atoms with Gasteiger partial charge in [0.2, 0.25) is 11.8 Å². The van der Waals surface area contributed by atoms with Gasteiger partial charge in [-0.1, -0.05) is 11.6 Å². The monoisotopic (exact) mass is 337 g/mol. The van der Waals surface area contributed by atoms with Crippen LogP contribution >= 0.6 is 11.6 Å². The number of rotatable bonds is 2. The Morgan fingerprint density at radius 2 is 2.26 bits per heavy atom. The standard InChI is InChI=1S/C16H20ClN3O3/c1-19-5-4-18-16(22)13(19)9-15(21)20-6-7-23-14-3-2-12(17)8-11(14)10-20/h2-3,8,13H,4-7,9-10H2,1H3,(H,18,22)/t13-/m1/s1. The van der Waals surface area contributed by atoms with Crippen molar-refractivity contribution in [2.24, 2.45) is 0 Å². The highest BCUT2D eigenvalue weighted by Gasteiger charge is 2.31. The molecule has 1 aromatic carbocycles. The maximum atomic E-state index is 12.6. The van der Waals surface area contributed by atoms with E-state index in [1.54, 1.807) is 11.0 Å². The molecule has 1 saturated heterocycles. The normalized spacial score (nSPS) is 21.9. The Balaban J connectivity index is 1.71. The second kappa shape index (κ2) is 6.76. The molecule has 2 heterocycles. The summed E-state index contributed by atoms with van der Waals surface area (Å²) in [5.41, 5.74) is 0.893. The third-order valence-corrected chi connectivity index (χ3v) is 4.56. The first-order valence-electron chi connectivity index (χ1n) is 7.71. The zero-order chi connectivity index (χ0) is 16.4. The number of nitrogens with zero attached hydrogens (tertiary/aromatic N) is 2. The highest BCUT2D eigenvalue weighted by molar-refractivity contribution is 6.30. The molecule has 6 nitrogen and oxygen atoms in total. The Hall–Kier alpha value is -1.79. The van der Waals surface area contributed by atoms with Gasteiger partial charge >= 0.3 is 0 Å². The summed E-state index contributed by atoms with van der Waals surface area (Å²) in [4.78, 5) is 28.3. The van der Waals surface area contributed by atoms with Crippen LogP contribution in [-0.4, -0.2) is 60.9 Å². The summed E-state index contributed by atoms with van der Waals surface area (Å²) in [6, 6.07) is 5.02. The minimum atomic E-state index is -0.403. The summed E-state index contributed by atoms with van der Waals surface area (Å²) < 4.78 is 5.67. The van der Waals surface area contributed by atoms with E-state index in [0.717, 1.165) is 17.9 Å². The molecule has 0 saturated carbocycles. The molecule has 124 valence electrons. The molecule has 1 N–H and O–H groups in total. The minimum absolute atomic E-state index is 0.0460. The summed E-state index contributed by atoms with van der Waals surface area (Å²) in [7, 11) is 1.87. The van der Waals surface area contributed by atoms with Crippen LogP contribution in [0, 0.1) is 0 Å². The zero-order valence-electron chi connectivity index (χ0n) is 13.0.